The van der Waals surface area contributed by atoms with Gasteiger partial charge in [-0.05, 0) is 31.2 Å². The Morgan fingerprint density at radius 2 is 2.25 bits per heavy atom. The van der Waals surface area contributed by atoms with Crippen LogP contribution in [0.2, 0.25) is 0 Å². The van der Waals surface area contributed by atoms with Gasteiger partial charge in [0.2, 0.25) is 0 Å². The highest BCUT2D eigenvalue weighted by Crippen LogP contribution is 2.27. The van der Waals surface area contributed by atoms with Gasteiger partial charge in [-0.25, -0.2) is 0 Å². The van der Waals surface area contributed by atoms with Gasteiger partial charge in [-0.1, -0.05) is 19.8 Å². The summed E-state index contributed by atoms with van der Waals surface area (Å²) in [6, 6.07) is 0. The van der Waals surface area contributed by atoms with E-state index >= 15 is 0 Å². The molecule has 1 rings (SSSR count). The number of aliphatic hydroxyl groups excluding tert-OH is 1. The van der Waals surface area contributed by atoms with Crippen molar-refractivity contribution in [1.29, 1.82) is 0 Å². The predicted molar refractivity (Wildman–Crippen MR) is 51.1 cm³/mol. The fourth-order valence-electron chi connectivity index (χ4n) is 2.13. The van der Waals surface area contributed by atoms with Crippen molar-refractivity contribution in [3.8, 4) is 0 Å². The Labute approximate surface area is 75.4 Å². The van der Waals surface area contributed by atoms with Crippen LogP contribution in [-0.4, -0.2) is 24.8 Å². The molecule has 0 aromatic carbocycles. The Hall–Kier alpha value is -0.0800. The van der Waals surface area contributed by atoms with Gasteiger partial charge < -0.3 is 10.4 Å². The minimum atomic E-state index is 0.266. The Bertz CT molecular complexity index is 116. The maximum Gasteiger partial charge on any atom is 0.0555 e. The largest absolute Gasteiger partial charge is 0.395 e. The van der Waals surface area contributed by atoms with Crippen molar-refractivity contribution in [2.24, 2.45) is 11.8 Å². The number of hydrogen-bond donors (Lipinski definition) is 2. The molecule has 0 heterocycles. The summed E-state index contributed by atoms with van der Waals surface area (Å²) in [6.07, 6.45) is 5.56. The molecule has 1 aliphatic rings. The van der Waals surface area contributed by atoms with Crippen LogP contribution in [0.5, 0.6) is 0 Å². The van der Waals surface area contributed by atoms with Gasteiger partial charge in [-0.3, -0.25) is 0 Å². The standard InChI is InChI=1S/C10H21NO/c1-9-3-2-4-10(7-9)8-11-5-6-12/h9-12H,2-8H2,1H3. The van der Waals surface area contributed by atoms with E-state index in [1.54, 1.807) is 0 Å². The van der Waals surface area contributed by atoms with Crippen LogP contribution in [0, 0.1) is 11.8 Å². The molecule has 0 amide bonds. The molecule has 0 saturated heterocycles. The Morgan fingerprint density at radius 3 is 2.92 bits per heavy atom. The zero-order valence-corrected chi connectivity index (χ0v) is 8.05. The molecule has 2 atom stereocenters. The molecule has 0 aromatic heterocycles. The van der Waals surface area contributed by atoms with Crippen molar-refractivity contribution in [2.75, 3.05) is 19.7 Å². The predicted octanol–water partition coefficient (Wildman–Crippen LogP) is 1.39. The third kappa shape index (κ3) is 3.55. The first kappa shape index (κ1) is 10.0. The van der Waals surface area contributed by atoms with E-state index in [4.69, 9.17) is 5.11 Å². The van der Waals surface area contributed by atoms with E-state index in [-0.39, 0.29) is 6.61 Å². The summed E-state index contributed by atoms with van der Waals surface area (Å²) < 4.78 is 0. The van der Waals surface area contributed by atoms with Gasteiger partial charge in [0.05, 0.1) is 6.61 Å². The quantitative estimate of drug-likeness (QED) is 0.627. The lowest BCUT2D eigenvalue weighted by atomic mass is 9.82. The molecule has 72 valence electrons. The number of aliphatic hydroxyl groups is 1. The monoisotopic (exact) mass is 171 g/mol. The van der Waals surface area contributed by atoms with Gasteiger partial charge >= 0.3 is 0 Å². The van der Waals surface area contributed by atoms with E-state index in [9.17, 15) is 0 Å². The highest BCUT2D eigenvalue weighted by atomic mass is 16.3. The Balaban J connectivity index is 2.06. The summed E-state index contributed by atoms with van der Waals surface area (Å²) in [7, 11) is 0. The van der Waals surface area contributed by atoms with E-state index < -0.39 is 0 Å². The van der Waals surface area contributed by atoms with Crippen LogP contribution in [0.4, 0.5) is 0 Å². The molecule has 1 aliphatic carbocycles. The minimum Gasteiger partial charge on any atom is -0.395 e. The molecule has 2 unspecified atom stereocenters. The van der Waals surface area contributed by atoms with E-state index in [2.05, 4.69) is 12.2 Å². The minimum absolute atomic E-state index is 0.266. The van der Waals surface area contributed by atoms with Gasteiger partial charge in [-0.15, -0.1) is 0 Å². The molecule has 1 fully saturated rings. The normalized spacial score (nSPS) is 30.5. The van der Waals surface area contributed by atoms with Gasteiger partial charge in [0.25, 0.3) is 0 Å². The van der Waals surface area contributed by atoms with Crippen molar-refractivity contribution in [2.45, 2.75) is 32.6 Å². The Kier molecular flexibility index (Phi) is 4.62. The van der Waals surface area contributed by atoms with Crippen molar-refractivity contribution in [1.82, 2.24) is 5.32 Å². The van der Waals surface area contributed by atoms with Crippen LogP contribution in [0.1, 0.15) is 32.6 Å². The van der Waals surface area contributed by atoms with E-state index in [0.29, 0.717) is 0 Å². The first-order valence-corrected chi connectivity index (χ1v) is 5.14. The average molecular weight is 171 g/mol. The molecule has 0 aromatic rings. The molecular formula is C10H21NO. The summed E-state index contributed by atoms with van der Waals surface area (Å²) >= 11 is 0. The van der Waals surface area contributed by atoms with Gasteiger partial charge in [-0.2, -0.15) is 0 Å². The highest BCUT2D eigenvalue weighted by Gasteiger charge is 2.17. The van der Waals surface area contributed by atoms with Crippen LogP contribution < -0.4 is 5.32 Å². The third-order valence-corrected chi connectivity index (χ3v) is 2.77. The SMILES string of the molecule is CC1CCCC(CNCCO)C1. The summed E-state index contributed by atoms with van der Waals surface area (Å²) in [5.74, 6) is 1.78. The zero-order chi connectivity index (χ0) is 8.81. The molecule has 0 spiro atoms. The fraction of sp³-hybridized carbons (Fsp3) is 1.00. The molecule has 0 bridgehead atoms. The first-order valence-electron chi connectivity index (χ1n) is 5.14. The lowest BCUT2D eigenvalue weighted by molar-refractivity contribution is 0.255. The second-order valence-electron chi connectivity index (χ2n) is 4.07. The molecule has 0 radical (unpaired) electrons. The lowest BCUT2D eigenvalue weighted by Crippen LogP contribution is -2.28. The number of nitrogens with one attached hydrogen (secondary N) is 1. The van der Waals surface area contributed by atoms with Gasteiger partial charge in [0.15, 0.2) is 0 Å². The van der Waals surface area contributed by atoms with Gasteiger partial charge in [0.1, 0.15) is 0 Å². The maximum atomic E-state index is 8.59. The summed E-state index contributed by atoms with van der Waals surface area (Å²) in [5.41, 5.74) is 0. The molecule has 1 saturated carbocycles. The zero-order valence-electron chi connectivity index (χ0n) is 8.05. The second-order valence-corrected chi connectivity index (χ2v) is 4.07. The maximum absolute atomic E-state index is 8.59. The van der Waals surface area contributed by atoms with Gasteiger partial charge in [0, 0.05) is 6.54 Å². The third-order valence-electron chi connectivity index (χ3n) is 2.77. The average Bonchev–Trinajstić information content (AvgIpc) is 2.05. The number of hydrogen-bond acceptors (Lipinski definition) is 2. The second kappa shape index (κ2) is 5.55. The van der Waals surface area contributed by atoms with E-state index in [0.717, 1.165) is 24.9 Å². The summed E-state index contributed by atoms with van der Waals surface area (Å²) in [4.78, 5) is 0. The first-order chi connectivity index (χ1) is 5.83. The van der Waals surface area contributed by atoms with Crippen LogP contribution in [0.3, 0.4) is 0 Å². The van der Waals surface area contributed by atoms with Crippen molar-refractivity contribution in [3.05, 3.63) is 0 Å². The van der Waals surface area contributed by atoms with Crippen LogP contribution >= 0.6 is 0 Å². The molecule has 12 heavy (non-hydrogen) atoms. The van der Waals surface area contributed by atoms with E-state index in [1.165, 1.54) is 25.7 Å². The molecule has 2 N–H and O–H groups in total. The topological polar surface area (TPSA) is 32.3 Å². The summed E-state index contributed by atoms with van der Waals surface area (Å²) in [6.45, 7) is 4.47. The number of rotatable bonds is 4. The van der Waals surface area contributed by atoms with Crippen LogP contribution in [-0.2, 0) is 0 Å². The highest BCUT2D eigenvalue weighted by molar-refractivity contribution is 4.71. The lowest BCUT2D eigenvalue weighted by Gasteiger charge is -2.26. The molecular weight excluding hydrogens is 150 g/mol. The van der Waals surface area contributed by atoms with Crippen LogP contribution in [0.15, 0.2) is 0 Å². The molecule has 0 aliphatic heterocycles. The molecule has 2 heteroatoms. The smallest absolute Gasteiger partial charge is 0.0555 e. The van der Waals surface area contributed by atoms with E-state index in [1.807, 2.05) is 0 Å². The van der Waals surface area contributed by atoms with Crippen molar-refractivity contribution in [3.63, 3.8) is 0 Å². The summed E-state index contributed by atoms with van der Waals surface area (Å²) in [5, 5.41) is 11.9. The van der Waals surface area contributed by atoms with Crippen molar-refractivity contribution >= 4 is 0 Å². The molecule has 2 nitrogen and oxygen atoms in total. The Morgan fingerprint density at radius 1 is 1.42 bits per heavy atom. The fourth-order valence-corrected chi connectivity index (χ4v) is 2.13. The van der Waals surface area contributed by atoms with Crippen LogP contribution in [0.25, 0.3) is 0 Å². The van der Waals surface area contributed by atoms with Crippen molar-refractivity contribution < 1.29 is 5.11 Å².